The van der Waals surface area contributed by atoms with Crippen LogP contribution in [0.3, 0.4) is 0 Å². The van der Waals surface area contributed by atoms with Crippen molar-refractivity contribution in [1.82, 2.24) is 9.88 Å². The largest absolute Gasteiger partial charge is 0.444 e. The second kappa shape index (κ2) is 12.3. The molecule has 4 aromatic rings. The molecule has 0 saturated carbocycles. The second-order valence-electron chi connectivity index (χ2n) is 8.73. The van der Waals surface area contributed by atoms with Gasteiger partial charge < -0.3 is 10.1 Å². The number of pyridine rings is 1. The van der Waals surface area contributed by atoms with Gasteiger partial charge in [-0.1, -0.05) is 66.7 Å². The van der Waals surface area contributed by atoms with E-state index in [1.807, 2.05) is 36.4 Å². The number of hydrogen-bond acceptors (Lipinski definition) is 6. The summed E-state index contributed by atoms with van der Waals surface area (Å²) in [6.45, 7) is 0.0573. The molecule has 1 N–H and O–H groups in total. The number of carbonyl (C=O) groups excluding carboxylic acids is 3. The molecule has 2 unspecified atom stereocenters. The van der Waals surface area contributed by atoms with E-state index in [1.54, 1.807) is 79.1 Å². The Morgan fingerprint density at radius 2 is 1.49 bits per heavy atom. The van der Waals surface area contributed by atoms with Gasteiger partial charge in [-0.2, -0.15) is 0 Å². The number of amides is 4. The molecule has 9 heteroatoms. The standard InChI is InChI=1S/C30H26N4O4S/c35-27(33(25-14-8-3-9-15-25)29(36)32-24-12-6-2-7-13-24)26-21-39-28(23-16-18-31-19-17-23)34(26)30(37)38-20-22-10-4-1-5-11-22/h1-19,26,28H,20-21H2,(H,32,36). The van der Waals surface area contributed by atoms with Crippen molar-refractivity contribution in [3.8, 4) is 0 Å². The predicted molar refractivity (Wildman–Crippen MR) is 151 cm³/mol. The van der Waals surface area contributed by atoms with E-state index in [1.165, 1.54) is 16.7 Å². The average molecular weight is 539 g/mol. The number of para-hydroxylation sites is 2. The van der Waals surface area contributed by atoms with Gasteiger partial charge in [-0.25, -0.2) is 14.5 Å². The van der Waals surface area contributed by atoms with Crippen molar-refractivity contribution in [1.29, 1.82) is 0 Å². The quantitative estimate of drug-likeness (QED) is 0.319. The molecule has 1 aromatic heterocycles. The first-order chi connectivity index (χ1) is 19.1. The van der Waals surface area contributed by atoms with Crippen LogP contribution in [0.4, 0.5) is 21.0 Å². The van der Waals surface area contributed by atoms with E-state index in [9.17, 15) is 14.4 Å². The fourth-order valence-electron chi connectivity index (χ4n) is 4.27. The Hall–Kier alpha value is -4.63. The fraction of sp³-hybridized carbons (Fsp3) is 0.133. The first kappa shape index (κ1) is 26.0. The first-order valence-electron chi connectivity index (χ1n) is 12.4. The normalized spacial score (nSPS) is 16.4. The maximum Gasteiger partial charge on any atom is 0.412 e. The van der Waals surface area contributed by atoms with Gasteiger partial charge in [0.25, 0.3) is 5.91 Å². The fourth-order valence-corrected chi connectivity index (χ4v) is 5.68. The van der Waals surface area contributed by atoms with Gasteiger partial charge >= 0.3 is 12.1 Å². The number of hydrogen-bond donors (Lipinski definition) is 1. The van der Waals surface area contributed by atoms with Gasteiger partial charge in [-0.05, 0) is 47.5 Å². The minimum Gasteiger partial charge on any atom is -0.444 e. The van der Waals surface area contributed by atoms with Crippen LogP contribution in [-0.2, 0) is 16.1 Å². The molecular formula is C30H26N4O4S. The van der Waals surface area contributed by atoms with Crippen LogP contribution >= 0.6 is 11.8 Å². The Bertz CT molecular complexity index is 1410. The maximum absolute atomic E-state index is 14.1. The zero-order valence-electron chi connectivity index (χ0n) is 20.9. The summed E-state index contributed by atoms with van der Waals surface area (Å²) in [5, 5.41) is 2.31. The van der Waals surface area contributed by atoms with Crippen molar-refractivity contribution in [2.45, 2.75) is 18.0 Å². The van der Waals surface area contributed by atoms with E-state index < -0.39 is 29.4 Å². The lowest BCUT2D eigenvalue weighted by atomic mass is 10.2. The molecule has 4 amide bonds. The molecule has 0 aliphatic carbocycles. The molecule has 1 fully saturated rings. The van der Waals surface area contributed by atoms with Gasteiger partial charge in [0.05, 0.1) is 5.69 Å². The summed E-state index contributed by atoms with van der Waals surface area (Å²) in [5.41, 5.74) is 2.58. The maximum atomic E-state index is 14.1. The summed E-state index contributed by atoms with van der Waals surface area (Å²) in [6.07, 6.45) is 2.64. The number of nitrogens with one attached hydrogen (secondary N) is 1. The third-order valence-corrected chi connectivity index (χ3v) is 7.48. The highest BCUT2D eigenvalue weighted by Gasteiger charge is 2.46. The molecule has 1 saturated heterocycles. The lowest BCUT2D eigenvalue weighted by Crippen LogP contribution is -2.52. The van der Waals surface area contributed by atoms with Crippen molar-refractivity contribution in [2.24, 2.45) is 0 Å². The minimum atomic E-state index is -0.946. The molecule has 0 spiro atoms. The highest BCUT2D eigenvalue weighted by atomic mass is 32.2. The number of imide groups is 1. The van der Waals surface area contributed by atoms with Crippen LogP contribution in [0.5, 0.6) is 0 Å². The van der Waals surface area contributed by atoms with E-state index >= 15 is 0 Å². The summed E-state index contributed by atoms with van der Waals surface area (Å²) >= 11 is 1.44. The zero-order chi connectivity index (χ0) is 27.0. The number of urea groups is 1. The molecule has 3 aromatic carbocycles. The predicted octanol–water partition coefficient (Wildman–Crippen LogP) is 6.10. The smallest absolute Gasteiger partial charge is 0.412 e. The summed E-state index contributed by atoms with van der Waals surface area (Å²) in [5.74, 6) is -0.246. The third kappa shape index (κ3) is 6.10. The summed E-state index contributed by atoms with van der Waals surface area (Å²) in [7, 11) is 0. The van der Waals surface area contributed by atoms with E-state index in [2.05, 4.69) is 10.3 Å². The molecule has 39 heavy (non-hydrogen) atoms. The van der Waals surface area contributed by atoms with Gasteiger partial charge in [-0.15, -0.1) is 11.8 Å². The number of thioether (sulfide) groups is 1. The topological polar surface area (TPSA) is 91.8 Å². The minimum absolute atomic E-state index is 0.0573. The second-order valence-corrected chi connectivity index (χ2v) is 9.85. The number of nitrogens with zero attached hydrogens (tertiary/aromatic N) is 3. The zero-order valence-corrected chi connectivity index (χ0v) is 21.7. The molecule has 1 aliphatic heterocycles. The van der Waals surface area contributed by atoms with Crippen LogP contribution in [0.1, 0.15) is 16.5 Å². The van der Waals surface area contributed by atoms with Crippen molar-refractivity contribution in [3.63, 3.8) is 0 Å². The molecule has 8 nitrogen and oxygen atoms in total. The number of ether oxygens (including phenoxy) is 1. The van der Waals surface area contributed by atoms with E-state index in [4.69, 9.17) is 4.74 Å². The van der Waals surface area contributed by atoms with Crippen molar-refractivity contribution < 1.29 is 19.1 Å². The van der Waals surface area contributed by atoms with Crippen LogP contribution in [0.25, 0.3) is 0 Å². The molecule has 2 heterocycles. The summed E-state index contributed by atoms with van der Waals surface area (Å²) < 4.78 is 5.67. The highest BCUT2D eigenvalue weighted by molar-refractivity contribution is 7.99. The Kier molecular flexibility index (Phi) is 8.18. The molecule has 0 bridgehead atoms. The Morgan fingerprint density at radius 1 is 0.872 bits per heavy atom. The number of aromatic nitrogens is 1. The van der Waals surface area contributed by atoms with Crippen molar-refractivity contribution in [3.05, 3.63) is 127 Å². The van der Waals surface area contributed by atoms with Gasteiger partial charge in [0.2, 0.25) is 0 Å². The van der Waals surface area contributed by atoms with E-state index in [0.717, 1.165) is 16.0 Å². The number of carbonyl (C=O) groups is 3. The molecule has 2 atom stereocenters. The summed E-state index contributed by atoms with van der Waals surface area (Å²) in [4.78, 5) is 47.8. The molecule has 5 rings (SSSR count). The van der Waals surface area contributed by atoms with Gasteiger partial charge in [0, 0.05) is 23.8 Å². The Balaban J connectivity index is 1.45. The lowest BCUT2D eigenvalue weighted by molar-refractivity contribution is -0.121. The Labute approximate surface area is 230 Å². The highest BCUT2D eigenvalue weighted by Crippen LogP contribution is 2.42. The van der Waals surface area contributed by atoms with E-state index in [0.29, 0.717) is 11.4 Å². The molecule has 1 aliphatic rings. The third-order valence-electron chi connectivity index (χ3n) is 6.16. The number of rotatable bonds is 6. The SMILES string of the molecule is O=C(Nc1ccccc1)N(C(=O)C1CSC(c2ccncc2)N1C(=O)OCc1ccccc1)c1ccccc1. The molecular weight excluding hydrogens is 512 g/mol. The van der Waals surface area contributed by atoms with Crippen molar-refractivity contribution in [2.75, 3.05) is 16.0 Å². The van der Waals surface area contributed by atoms with Gasteiger partial charge in [0.15, 0.2) is 0 Å². The van der Waals surface area contributed by atoms with Crippen molar-refractivity contribution >= 4 is 41.2 Å². The van der Waals surface area contributed by atoms with Crippen LogP contribution in [0.15, 0.2) is 116 Å². The number of anilines is 2. The van der Waals surface area contributed by atoms with Crippen LogP contribution in [-0.4, -0.2) is 39.7 Å². The Morgan fingerprint density at radius 3 is 2.15 bits per heavy atom. The van der Waals surface area contributed by atoms with Crippen LogP contribution in [0.2, 0.25) is 0 Å². The lowest BCUT2D eigenvalue weighted by Gasteiger charge is -2.31. The number of benzene rings is 3. The summed E-state index contributed by atoms with van der Waals surface area (Å²) in [6, 6.07) is 29.0. The van der Waals surface area contributed by atoms with Gasteiger partial charge in [-0.3, -0.25) is 14.7 Å². The molecule has 0 radical (unpaired) electrons. The van der Waals surface area contributed by atoms with Crippen LogP contribution in [0, 0.1) is 0 Å². The first-order valence-corrected chi connectivity index (χ1v) is 13.4. The monoisotopic (exact) mass is 538 g/mol. The average Bonchev–Trinajstić information content (AvgIpc) is 3.44. The van der Waals surface area contributed by atoms with E-state index in [-0.39, 0.29) is 12.4 Å². The van der Waals surface area contributed by atoms with Gasteiger partial charge in [0.1, 0.15) is 18.0 Å². The molecule has 196 valence electrons. The van der Waals surface area contributed by atoms with Crippen LogP contribution < -0.4 is 10.2 Å².